The summed E-state index contributed by atoms with van der Waals surface area (Å²) in [6.45, 7) is 1.52. The minimum Gasteiger partial charge on any atom is -0.467 e. The van der Waals surface area contributed by atoms with Gasteiger partial charge in [-0.3, -0.25) is 4.79 Å². The number of carbonyl (C=O) groups excluding carboxylic acids is 2. The third kappa shape index (κ3) is 3.35. The highest BCUT2D eigenvalue weighted by Crippen LogP contribution is 2.18. The second-order valence-electron chi connectivity index (χ2n) is 3.46. The molecule has 6 heteroatoms. The molecule has 1 unspecified atom stereocenters. The van der Waals surface area contributed by atoms with Gasteiger partial charge in [0.1, 0.15) is 6.04 Å². The lowest BCUT2D eigenvalue weighted by molar-refractivity contribution is -0.142. The smallest absolute Gasteiger partial charge is 0.328 e. The molecule has 0 aliphatic rings. The van der Waals surface area contributed by atoms with Gasteiger partial charge in [-0.2, -0.15) is 0 Å². The number of methoxy groups -OCH3 is 1. The first kappa shape index (κ1) is 13.3. The summed E-state index contributed by atoms with van der Waals surface area (Å²) in [4.78, 5) is 22.9. The molecule has 1 atom stereocenters. The van der Waals surface area contributed by atoms with Gasteiger partial charge >= 0.3 is 5.97 Å². The maximum atomic E-state index is 11.8. The van der Waals surface area contributed by atoms with Gasteiger partial charge in [0.05, 0.1) is 17.7 Å². The monoisotopic (exact) mass is 256 g/mol. The SMILES string of the molecule is COC(=O)C(C)NC(=O)c1cc(N)ccc1Cl. The molecule has 0 fully saturated rings. The number of halogens is 1. The lowest BCUT2D eigenvalue weighted by Crippen LogP contribution is -2.39. The second kappa shape index (κ2) is 5.54. The number of hydrogen-bond acceptors (Lipinski definition) is 4. The zero-order valence-electron chi connectivity index (χ0n) is 9.49. The number of amides is 1. The van der Waals surface area contributed by atoms with Crippen LogP contribution in [0.2, 0.25) is 5.02 Å². The average Bonchev–Trinajstić information content (AvgIpc) is 2.30. The van der Waals surface area contributed by atoms with Crippen molar-refractivity contribution in [2.45, 2.75) is 13.0 Å². The molecule has 0 spiro atoms. The first-order valence-corrected chi connectivity index (χ1v) is 5.27. The summed E-state index contributed by atoms with van der Waals surface area (Å²) in [5.41, 5.74) is 6.20. The maximum absolute atomic E-state index is 11.8. The van der Waals surface area contributed by atoms with Crippen LogP contribution in [0.4, 0.5) is 5.69 Å². The highest BCUT2D eigenvalue weighted by molar-refractivity contribution is 6.34. The molecule has 1 amide bonds. The van der Waals surface area contributed by atoms with Crippen LogP contribution < -0.4 is 11.1 Å². The zero-order valence-corrected chi connectivity index (χ0v) is 10.2. The van der Waals surface area contributed by atoms with E-state index in [0.29, 0.717) is 5.69 Å². The molecule has 0 heterocycles. The Morgan fingerprint density at radius 3 is 2.71 bits per heavy atom. The average molecular weight is 257 g/mol. The van der Waals surface area contributed by atoms with Gasteiger partial charge in [0.15, 0.2) is 0 Å². The van der Waals surface area contributed by atoms with E-state index in [0.717, 1.165) is 0 Å². The number of nitrogens with one attached hydrogen (secondary N) is 1. The van der Waals surface area contributed by atoms with Crippen molar-refractivity contribution in [3.8, 4) is 0 Å². The number of anilines is 1. The van der Waals surface area contributed by atoms with Crippen LogP contribution in [0.15, 0.2) is 18.2 Å². The topological polar surface area (TPSA) is 81.4 Å². The van der Waals surface area contributed by atoms with Gasteiger partial charge in [0.2, 0.25) is 0 Å². The fourth-order valence-corrected chi connectivity index (χ4v) is 1.43. The number of benzene rings is 1. The van der Waals surface area contributed by atoms with Crippen LogP contribution in [0.1, 0.15) is 17.3 Å². The van der Waals surface area contributed by atoms with Gasteiger partial charge in [0.25, 0.3) is 5.91 Å². The second-order valence-corrected chi connectivity index (χ2v) is 3.86. The predicted octanol–water partition coefficient (Wildman–Crippen LogP) is 1.21. The van der Waals surface area contributed by atoms with Crippen LogP contribution in [0.3, 0.4) is 0 Å². The van der Waals surface area contributed by atoms with Crippen LogP contribution in [0, 0.1) is 0 Å². The van der Waals surface area contributed by atoms with Crippen molar-refractivity contribution < 1.29 is 14.3 Å². The molecule has 0 bridgehead atoms. The van der Waals surface area contributed by atoms with Gasteiger partial charge in [-0.15, -0.1) is 0 Å². The molecular weight excluding hydrogens is 244 g/mol. The van der Waals surface area contributed by atoms with E-state index in [9.17, 15) is 9.59 Å². The Morgan fingerprint density at radius 2 is 2.12 bits per heavy atom. The molecule has 0 radical (unpaired) electrons. The van der Waals surface area contributed by atoms with Crippen molar-refractivity contribution in [3.05, 3.63) is 28.8 Å². The summed E-state index contributed by atoms with van der Waals surface area (Å²) in [5.74, 6) is -1.00. The predicted molar refractivity (Wildman–Crippen MR) is 64.8 cm³/mol. The number of hydrogen-bond donors (Lipinski definition) is 2. The third-order valence-corrected chi connectivity index (χ3v) is 2.47. The first-order valence-electron chi connectivity index (χ1n) is 4.89. The van der Waals surface area contributed by atoms with E-state index >= 15 is 0 Å². The largest absolute Gasteiger partial charge is 0.467 e. The number of ether oxygens (including phenoxy) is 1. The normalized spacial score (nSPS) is 11.7. The molecule has 5 nitrogen and oxygen atoms in total. The molecule has 1 aromatic rings. The van der Waals surface area contributed by atoms with E-state index in [1.54, 1.807) is 6.07 Å². The van der Waals surface area contributed by atoms with Crippen molar-refractivity contribution >= 4 is 29.2 Å². The van der Waals surface area contributed by atoms with Crippen molar-refractivity contribution in [1.82, 2.24) is 5.32 Å². The van der Waals surface area contributed by atoms with Gasteiger partial charge in [-0.1, -0.05) is 11.6 Å². The summed E-state index contributed by atoms with van der Waals surface area (Å²) in [6.07, 6.45) is 0. The zero-order chi connectivity index (χ0) is 13.0. The Labute approximate surface area is 104 Å². The number of rotatable bonds is 3. The Balaban J connectivity index is 2.83. The molecule has 0 saturated heterocycles. The van der Waals surface area contributed by atoms with Gasteiger partial charge in [-0.05, 0) is 25.1 Å². The van der Waals surface area contributed by atoms with Gasteiger partial charge in [-0.25, -0.2) is 4.79 Å². The van der Waals surface area contributed by atoms with Crippen molar-refractivity contribution in [2.75, 3.05) is 12.8 Å². The molecule has 1 rings (SSSR count). The standard InChI is InChI=1S/C11H13ClN2O3/c1-6(11(16)17-2)14-10(15)8-5-7(13)3-4-9(8)12/h3-6H,13H2,1-2H3,(H,14,15). The number of nitrogen functional groups attached to an aromatic ring is 1. The minimum absolute atomic E-state index is 0.224. The molecule has 92 valence electrons. The fourth-order valence-electron chi connectivity index (χ4n) is 1.23. The molecule has 0 aromatic heterocycles. The van der Waals surface area contributed by atoms with E-state index < -0.39 is 17.9 Å². The van der Waals surface area contributed by atoms with Crippen molar-refractivity contribution in [2.24, 2.45) is 0 Å². The Kier molecular flexibility index (Phi) is 4.34. The molecule has 1 aromatic carbocycles. The minimum atomic E-state index is -0.745. The van der Waals surface area contributed by atoms with E-state index in [4.69, 9.17) is 17.3 Å². The van der Waals surface area contributed by atoms with Crippen LogP contribution in [0.5, 0.6) is 0 Å². The quantitative estimate of drug-likeness (QED) is 0.629. The van der Waals surface area contributed by atoms with Crippen molar-refractivity contribution in [3.63, 3.8) is 0 Å². The number of carbonyl (C=O) groups is 2. The third-order valence-electron chi connectivity index (χ3n) is 2.14. The highest BCUT2D eigenvalue weighted by Gasteiger charge is 2.18. The summed E-state index contributed by atoms with van der Waals surface area (Å²) in [7, 11) is 1.25. The summed E-state index contributed by atoms with van der Waals surface area (Å²) in [5, 5.41) is 2.73. The maximum Gasteiger partial charge on any atom is 0.328 e. The summed E-state index contributed by atoms with van der Waals surface area (Å²) < 4.78 is 4.49. The Hall–Kier alpha value is -1.75. The van der Waals surface area contributed by atoms with E-state index in [1.165, 1.54) is 26.2 Å². The van der Waals surface area contributed by atoms with E-state index in [-0.39, 0.29) is 10.6 Å². The van der Waals surface area contributed by atoms with Crippen LogP contribution in [-0.2, 0) is 9.53 Å². The molecular formula is C11H13ClN2O3. The lowest BCUT2D eigenvalue weighted by atomic mass is 10.1. The Bertz CT molecular complexity index is 448. The van der Waals surface area contributed by atoms with Gasteiger partial charge in [0, 0.05) is 5.69 Å². The first-order chi connectivity index (χ1) is 7.95. The molecule has 0 saturated carbocycles. The fraction of sp³-hybridized carbons (Fsp3) is 0.273. The van der Waals surface area contributed by atoms with Crippen LogP contribution in [-0.4, -0.2) is 25.0 Å². The van der Waals surface area contributed by atoms with Crippen molar-refractivity contribution in [1.29, 1.82) is 0 Å². The Morgan fingerprint density at radius 1 is 1.47 bits per heavy atom. The van der Waals surface area contributed by atoms with E-state index in [1.807, 2.05) is 0 Å². The summed E-state index contributed by atoms with van der Waals surface area (Å²) in [6, 6.07) is 3.81. The van der Waals surface area contributed by atoms with Gasteiger partial charge < -0.3 is 15.8 Å². The highest BCUT2D eigenvalue weighted by atomic mass is 35.5. The summed E-state index contributed by atoms with van der Waals surface area (Å²) >= 11 is 5.86. The molecule has 17 heavy (non-hydrogen) atoms. The van der Waals surface area contributed by atoms with Crippen LogP contribution in [0.25, 0.3) is 0 Å². The number of esters is 1. The molecule has 0 aliphatic carbocycles. The van der Waals surface area contributed by atoms with Crippen LogP contribution >= 0.6 is 11.6 Å². The molecule has 0 aliphatic heterocycles. The lowest BCUT2D eigenvalue weighted by Gasteiger charge is -2.12. The number of nitrogens with two attached hydrogens (primary N) is 1. The van der Waals surface area contributed by atoms with E-state index in [2.05, 4.69) is 10.1 Å². The molecule has 3 N–H and O–H groups in total.